The van der Waals surface area contributed by atoms with Crippen LogP contribution in [0.1, 0.15) is 5.69 Å². The van der Waals surface area contributed by atoms with Crippen LogP contribution in [0, 0.1) is 5.95 Å². The van der Waals surface area contributed by atoms with E-state index in [1.54, 1.807) is 6.20 Å². The first kappa shape index (κ1) is 10.5. The van der Waals surface area contributed by atoms with E-state index < -0.39 is 5.95 Å². The van der Waals surface area contributed by atoms with E-state index in [9.17, 15) is 4.39 Å². The Balaban J connectivity index is 2.12. The number of pyridine rings is 1. The molecule has 0 aliphatic carbocycles. The summed E-state index contributed by atoms with van der Waals surface area (Å²) in [6.45, 7) is 0.581. The largest absolute Gasteiger partial charge is 0.354 e. The fourth-order valence-corrected chi connectivity index (χ4v) is 1.35. The predicted octanol–water partition coefficient (Wildman–Crippen LogP) is 1.65. The Kier molecular flexibility index (Phi) is 3.05. The Morgan fingerprint density at radius 2 is 2.12 bits per heavy atom. The van der Waals surface area contributed by atoms with Gasteiger partial charge < -0.3 is 4.90 Å². The molecule has 2 rings (SSSR count). The highest BCUT2D eigenvalue weighted by atomic mass is 19.1. The first-order chi connectivity index (χ1) is 7.75. The molecule has 0 N–H and O–H groups in total. The second-order valence-electron chi connectivity index (χ2n) is 3.38. The van der Waals surface area contributed by atoms with Crippen molar-refractivity contribution in [1.29, 1.82) is 0 Å². The normalized spacial score (nSPS) is 10.1. The first-order valence-corrected chi connectivity index (χ1v) is 4.84. The maximum absolute atomic E-state index is 12.9. The summed E-state index contributed by atoms with van der Waals surface area (Å²) in [5.74, 6) is 0.0102. The number of aromatic nitrogens is 3. The van der Waals surface area contributed by atoms with E-state index >= 15 is 0 Å². The van der Waals surface area contributed by atoms with Gasteiger partial charge in [0, 0.05) is 19.3 Å². The van der Waals surface area contributed by atoms with Gasteiger partial charge in [-0.25, -0.2) is 9.97 Å². The van der Waals surface area contributed by atoms with Crippen molar-refractivity contribution in [2.75, 3.05) is 11.9 Å². The molecular weight excluding hydrogens is 207 g/mol. The molecule has 82 valence electrons. The highest BCUT2D eigenvalue weighted by molar-refractivity contribution is 5.36. The third-order valence-corrected chi connectivity index (χ3v) is 2.14. The minimum Gasteiger partial charge on any atom is -0.354 e. The maximum Gasteiger partial charge on any atom is 0.218 e. The number of halogens is 1. The summed E-state index contributed by atoms with van der Waals surface area (Å²) < 4.78 is 12.9. The summed E-state index contributed by atoms with van der Waals surface area (Å²) in [6, 6.07) is 6.97. The van der Waals surface area contributed by atoms with Crippen molar-refractivity contribution in [1.82, 2.24) is 15.0 Å². The Bertz CT molecular complexity index is 461. The summed E-state index contributed by atoms with van der Waals surface area (Å²) >= 11 is 0. The lowest BCUT2D eigenvalue weighted by Gasteiger charge is -2.16. The van der Waals surface area contributed by atoms with Crippen molar-refractivity contribution in [3.8, 4) is 0 Å². The summed E-state index contributed by atoms with van der Waals surface area (Å²) in [6.07, 6.45) is 2.93. The van der Waals surface area contributed by atoms with E-state index in [-0.39, 0.29) is 0 Å². The van der Waals surface area contributed by atoms with Crippen LogP contribution in [0.15, 0.2) is 36.8 Å². The lowest BCUT2D eigenvalue weighted by atomic mass is 10.3. The molecule has 2 aromatic rings. The van der Waals surface area contributed by atoms with Gasteiger partial charge in [-0.1, -0.05) is 6.07 Å². The third kappa shape index (κ3) is 2.50. The summed E-state index contributed by atoms with van der Waals surface area (Å²) in [4.78, 5) is 13.4. The fourth-order valence-electron chi connectivity index (χ4n) is 1.35. The molecule has 0 fully saturated rings. The van der Waals surface area contributed by atoms with Crippen molar-refractivity contribution in [2.24, 2.45) is 0 Å². The smallest absolute Gasteiger partial charge is 0.218 e. The molecule has 2 heterocycles. The second kappa shape index (κ2) is 4.65. The molecule has 0 saturated carbocycles. The van der Waals surface area contributed by atoms with Crippen LogP contribution in [0.4, 0.5) is 10.2 Å². The molecule has 0 aliphatic heterocycles. The van der Waals surface area contributed by atoms with Crippen LogP contribution in [0.3, 0.4) is 0 Å². The Labute approximate surface area is 92.8 Å². The van der Waals surface area contributed by atoms with Gasteiger partial charge in [-0.3, -0.25) is 4.98 Å². The molecule has 0 spiro atoms. The second-order valence-corrected chi connectivity index (χ2v) is 3.38. The van der Waals surface area contributed by atoms with Gasteiger partial charge >= 0.3 is 0 Å². The zero-order valence-electron chi connectivity index (χ0n) is 8.84. The number of rotatable bonds is 3. The Morgan fingerprint density at radius 1 is 1.25 bits per heavy atom. The Hall–Kier alpha value is -2.04. The van der Waals surface area contributed by atoms with E-state index in [4.69, 9.17) is 0 Å². The van der Waals surface area contributed by atoms with Crippen LogP contribution in [0.25, 0.3) is 0 Å². The molecule has 0 bridgehead atoms. The Morgan fingerprint density at radius 3 is 2.81 bits per heavy atom. The van der Waals surface area contributed by atoms with Crippen LogP contribution in [0.2, 0.25) is 0 Å². The monoisotopic (exact) mass is 218 g/mol. The molecule has 0 aliphatic rings. The molecule has 0 unspecified atom stereocenters. The van der Waals surface area contributed by atoms with Crippen LogP contribution < -0.4 is 4.90 Å². The minimum atomic E-state index is -0.530. The summed E-state index contributed by atoms with van der Waals surface area (Å²) in [5, 5.41) is 0. The van der Waals surface area contributed by atoms with Gasteiger partial charge in [0.15, 0.2) is 0 Å². The first-order valence-electron chi connectivity index (χ1n) is 4.84. The minimum absolute atomic E-state index is 0.530. The lowest BCUT2D eigenvalue weighted by molar-refractivity contribution is 0.578. The van der Waals surface area contributed by atoms with Crippen molar-refractivity contribution in [3.05, 3.63) is 48.4 Å². The maximum atomic E-state index is 12.9. The van der Waals surface area contributed by atoms with Gasteiger partial charge in [-0.2, -0.15) is 4.39 Å². The van der Waals surface area contributed by atoms with Gasteiger partial charge in [-0.15, -0.1) is 0 Å². The van der Waals surface area contributed by atoms with Crippen molar-refractivity contribution in [2.45, 2.75) is 6.54 Å². The molecule has 2 aromatic heterocycles. The van der Waals surface area contributed by atoms with Gasteiger partial charge in [0.2, 0.25) is 5.95 Å². The zero-order valence-corrected chi connectivity index (χ0v) is 8.84. The van der Waals surface area contributed by atoms with E-state index in [1.165, 1.54) is 12.4 Å². The molecule has 0 saturated heterocycles. The van der Waals surface area contributed by atoms with Crippen LogP contribution in [0.5, 0.6) is 0 Å². The molecule has 16 heavy (non-hydrogen) atoms. The topological polar surface area (TPSA) is 41.9 Å². The van der Waals surface area contributed by atoms with Gasteiger partial charge in [-0.05, 0) is 12.1 Å². The fraction of sp³-hybridized carbons (Fsp3) is 0.182. The van der Waals surface area contributed by atoms with Crippen LogP contribution >= 0.6 is 0 Å². The number of hydrogen-bond donors (Lipinski definition) is 0. The van der Waals surface area contributed by atoms with Gasteiger partial charge in [0.1, 0.15) is 12.1 Å². The molecule has 4 nitrogen and oxygen atoms in total. The quantitative estimate of drug-likeness (QED) is 0.734. The van der Waals surface area contributed by atoms with Crippen molar-refractivity contribution in [3.63, 3.8) is 0 Å². The predicted molar refractivity (Wildman–Crippen MR) is 58.3 cm³/mol. The zero-order chi connectivity index (χ0) is 11.4. The highest BCUT2D eigenvalue weighted by Gasteiger charge is 2.05. The van der Waals surface area contributed by atoms with Crippen molar-refractivity contribution >= 4 is 5.82 Å². The standard InChI is InChI=1S/C11H11FN4/c1-16(7-9-4-2-3-5-13-9)11-6-10(12)14-8-15-11/h2-6,8H,7H2,1H3. The number of anilines is 1. The summed E-state index contributed by atoms with van der Waals surface area (Å²) in [5.41, 5.74) is 0.907. The highest BCUT2D eigenvalue weighted by Crippen LogP contribution is 2.10. The van der Waals surface area contributed by atoms with E-state index in [2.05, 4.69) is 15.0 Å². The summed E-state index contributed by atoms with van der Waals surface area (Å²) in [7, 11) is 1.83. The molecule has 0 amide bonds. The third-order valence-electron chi connectivity index (χ3n) is 2.14. The number of hydrogen-bond acceptors (Lipinski definition) is 4. The molecule has 0 aromatic carbocycles. The molecule has 0 atom stereocenters. The SMILES string of the molecule is CN(Cc1ccccn1)c1cc(F)ncn1. The van der Waals surface area contributed by atoms with Crippen LogP contribution in [-0.2, 0) is 6.54 Å². The van der Waals surface area contributed by atoms with Crippen molar-refractivity contribution < 1.29 is 4.39 Å². The van der Waals surface area contributed by atoms with Gasteiger partial charge in [0.25, 0.3) is 0 Å². The molecular formula is C11H11FN4. The van der Waals surface area contributed by atoms with Gasteiger partial charge in [0.05, 0.1) is 12.2 Å². The van der Waals surface area contributed by atoms with E-state index in [1.807, 2.05) is 30.1 Å². The van der Waals surface area contributed by atoms with E-state index in [0.717, 1.165) is 5.69 Å². The van der Waals surface area contributed by atoms with E-state index in [0.29, 0.717) is 12.4 Å². The number of nitrogens with zero attached hydrogens (tertiary/aromatic N) is 4. The van der Waals surface area contributed by atoms with Crippen LogP contribution in [-0.4, -0.2) is 22.0 Å². The average Bonchev–Trinajstić information content (AvgIpc) is 2.30. The molecule has 5 heteroatoms. The molecule has 0 radical (unpaired) electrons. The lowest BCUT2D eigenvalue weighted by Crippen LogP contribution is -2.18. The average molecular weight is 218 g/mol.